The lowest BCUT2D eigenvalue weighted by molar-refractivity contribution is -0.137. The van der Waals surface area contributed by atoms with Crippen LogP contribution >= 0.6 is 0 Å². The van der Waals surface area contributed by atoms with Crippen LogP contribution in [0.3, 0.4) is 0 Å². The van der Waals surface area contributed by atoms with Gasteiger partial charge in [-0.25, -0.2) is 9.18 Å². The van der Waals surface area contributed by atoms with Crippen molar-refractivity contribution in [2.75, 3.05) is 32.1 Å². The Kier molecular flexibility index (Phi) is 5.84. The first-order valence-electron chi connectivity index (χ1n) is 9.23. The van der Waals surface area contributed by atoms with Crippen molar-refractivity contribution in [1.29, 1.82) is 0 Å². The van der Waals surface area contributed by atoms with E-state index < -0.39 is 17.8 Å². The predicted molar refractivity (Wildman–Crippen MR) is 104 cm³/mol. The molecule has 1 N–H and O–H groups in total. The maximum atomic E-state index is 13.2. The highest BCUT2D eigenvalue weighted by Gasteiger charge is 2.36. The van der Waals surface area contributed by atoms with Gasteiger partial charge in [0.25, 0.3) is 0 Å². The number of amides is 2. The van der Waals surface area contributed by atoms with Crippen molar-refractivity contribution in [2.24, 2.45) is 0 Å². The van der Waals surface area contributed by atoms with E-state index in [9.17, 15) is 22.4 Å². The topological polar surface area (TPSA) is 35.6 Å². The van der Waals surface area contributed by atoms with Gasteiger partial charge in [-0.15, -0.1) is 0 Å². The molecule has 1 aliphatic rings. The number of rotatable bonds is 3. The van der Waals surface area contributed by atoms with Crippen molar-refractivity contribution in [3.8, 4) is 0 Å². The van der Waals surface area contributed by atoms with Gasteiger partial charge in [0.15, 0.2) is 0 Å². The maximum absolute atomic E-state index is 13.2. The van der Waals surface area contributed by atoms with Crippen molar-refractivity contribution in [3.05, 3.63) is 65.0 Å². The molecule has 0 aromatic heterocycles. The van der Waals surface area contributed by atoms with Gasteiger partial charge in [0.2, 0.25) is 0 Å². The summed E-state index contributed by atoms with van der Waals surface area (Å²) in [7, 11) is 3.09. The fourth-order valence-electron chi connectivity index (χ4n) is 3.73. The van der Waals surface area contributed by atoms with Crippen LogP contribution in [0, 0.1) is 12.7 Å². The normalized spacial score (nSPS) is 19.3. The number of carbonyl (C=O) groups excluding carboxylic acids is 1. The lowest BCUT2D eigenvalue weighted by atomic mass is 9.93. The number of alkyl halides is 3. The van der Waals surface area contributed by atoms with Crippen LogP contribution in [0.15, 0.2) is 42.5 Å². The molecule has 2 amide bonds. The van der Waals surface area contributed by atoms with Gasteiger partial charge in [-0.1, -0.05) is 12.1 Å². The summed E-state index contributed by atoms with van der Waals surface area (Å²) in [6, 6.07) is 9.10. The molecule has 0 spiro atoms. The number of benzene rings is 2. The monoisotopic (exact) mass is 409 g/mol. The minimum atomic E-state index is -4.49. The van der Waals surface area contributed by atoms with Crippen LogP contribution in [0.4, 0.5) is 28.0 Å². The average molecular weight is 409 g/mol. The third kappa shape index (κ3) is 4.53. The Morgan fingerprint density at radius 3 is 2.34 bits per heavy atom. The van der Waals surface area contributed by atoms with Crippen molar-refractivity contribution in [1.82, 2.24) is 10.2 Å². The molecule has 0 bridgehead atoms. The predicted octanol–water partition coefficient (Wildman–Crippen LogP) is 4.40. The largest absolute Gasteiger partial charge is 0.416 e. The zero-order valence-electron chi connectivity index (χ0n) is 16.4. The van der Waals surface area contributed by atoms with Crippen molar-refractivity contribution >= 4 is 11.7 Å². The van der Waals surface area contributed by atoms with Crippen molar-refractivity contribution in [2.45, 2.75) is 25.1 Å². The number of nitrogens with one attached hydrogen (secondary N) is 1. The second-order valence-corrected chi connectivity index (χ2v) is 7.39. The number of aryl methyl sites for hydroxylation is 1. The average Bonchev–Trinajstić information content (AvgIpc) is 3.15. The van der Waals surface area contributed by atoms with E-state index in [1.165, 1.54) is 29.0 Å². The zero-order valence-corrected chi connectivity index (χ0v) is 16.4. The summed E-state index contributed by atoms with van der Waals surface area (Å²) in [5.41, 5.74) is 0.711. The summed E-state index contributed by atoms with van der Waals surface area (Å²) >= 11 is 0. The minimum Gasteiger partial charge on any atom is -0.322 e. The summed E-state index contributed by atoms with van der Waals surface area (Å²) in [6.07, 6.45) is -4.49. The van der Waals surface area contributed by atoms with E-state index in [1.807, 2.05) is 0 Å². The number of hydrogen-bond donors (Lipinski definition) is 1. The second-order valence-electron chi connectivity index (χ2n) is 7.39. The molecule has 1 heterocycles. The van der Waals surface area contributed by atoms with E-state index in [4.69, 9.17) is 0 Å². The molecule has 156 valence electrons. The highest BCUT2D eigenvalue weighted by atomic mass is 19.4. The van der Waals surface area contributed by atoms with Crippen LogP contribution in [-0.4, -0.2) is 44.2 Å². The van der Waals surface area contributed by atoms with Crippen LogP contribution in [0.2, 0.25) is 0 Å². The lowest BCUT2D eigenvalue weighted by Crippen LogP contribution is -2.47. The van der Waals surface area contributed by atoms with Crippen LogP contribution < -0.4 is 10.2 Å². The van der Waals surface area contributed by atoms with Gasteiger partial charge >= 0.3 is 12.2 Å². The zero-order chi connectivity index (χ0) is 21.3. The summed E-state index contributed by atoms with van der Waals surface area (Å²) in [6.45, 7) is 2.73. The summed E-state index contributed by atoms with van der Waals surface area (Å²) in [4.78, 5) is 15.8. The number of hydrogen-bond acceptors (Lipinski definition) is 2. The first kappa shape index (κ1) is 21.1. The third-order valence-electron chi connectivity index (χ3n) is 5.34. The number of nitrogens with zero attached hydrogens (tertiary/aromatic N) is 2. The molecule has 1 fully saturated rings. The van der Waals surface area contributed by atoms with Gasteiger partial charge in [-0.2, -0.15) is 13.2 Å². The molecule has 1 saturated heterocycles. The van der Waals surface area contributed by atoms with Gasteiger partial charge in [0, 0.05) is 38.8 Å². The third-order valence-corrected chi connectivity index (χ3v) is 5.34. The van der Waals surface area contributed by atoms with E-state index in [0.717, 1.165) is 17.7 Å². The Bertz CT molecular complexity index is 882. The molecule has 3 rings (SSSR count). The maximum Gasteiger partial charge on any atom is 0.416 e. The quantitative estimate of drug-likeness (QED) is 0.763. The fraction of sp³-hybridized carbons (Fsp3) is 0.381. The van der Waals surface area contributed by atoms with Crippen LogP contribution in [0.25, 0.3) is 0 Å². The Balaban J connectivity index is 1.82. The van der Waals surface area contributed by atoms with Crippen molar-refractivity contribution in [3.63, 3.8) is 0 Å². The molecule has 0 saturated carbocycles. The van der Waals surface area contributed by atoms with Gasteiger partial charge in [-0.05, 0) is 48.4 Å². The first-order valence-corrected chi connectivity index (χ1v) is 9.23. The van der Waals surface area contributed by atoms with Crippen LogP contribution in [0.5, 0.6) is 0 Å². The number of urea groups is 1. The molecular formula is C21H23F4N3O. The highest BCUT2D eigenvalue weighted by Crippen LogP contribution is 2.33. The molecule has 29 heavy (non-hydrogen) atoms. The standard InChI is InChI=1S/C21H23F4N3O/c1-13-8-15(21(23,24)25)10-17(9-13)27(2)20(29)28(3)19-12-26-11-18(19)14-4-6-16(22)7-5-14/h4-10,18-19,26H,11-12H2,1-3H3. The number of likely N-dealkylation sites (N-methyl/N-ethyl adjacent to an activating group) is 1. The number of carbonyl (C=O) groups is 1. The molecule has 0 aliphatic carbocycles. The molecule has 2 unspecified atom stereocenters. The van der Waals surface area contributed by atoms with Crippen LogP contribution in [-0.2, 0) is 6.18 Å². The van der Waals surface area contributed by atoms with Gasteiger partial charge < -0.3 is 10.2 Å². The Hall–Kier alpha value is -2.61. The SMILES string of the molecule is Cc1cc(N(C)C(=O)N(C)C2CNCC2c2ccc(F)cc2)cc(C(F)(F)F)c1. The smallest absolute Gasteiger partial charge is 0.322 e. The minimum absolute atomic E-state index is 0.0406. The van der Waals surface area contributed by atoms with Crippen molar-refractivity contribution < 1.29 is 22.4 Å². The van der Waals surface area contributed by atoms with E-state index in [2.05, 4.69) is 5.32 Å². The molecule has 2 aromatic rings. The molecule has 4 nitrogen and oxygen atoms in total. The fourth-order valence-corrected chi connectivity index (χ4v) is 3.73. The molecule has 1 aliphatic heterocycles. The van der Waals surface area contributed by atoms with Gasteiger partial charge in [-0.3, -0.25) is 4.90 Å². The summed E-state index contributed by atoms with van der Waals surface area (Å²) in [5.74, 6) is -0.374. The molecule has 2 aromatic carbocycles. The Labute approximate surface area is 167 Å². The summed E-state index contributed by atoms with van der Waals surface area (Å²) in [5, 5.41) is 3.23. The lowest BCUT2D eigenvalue weighted by Gasteiger charge is -2.33. The summed E-state index contributed by atoms with van der Waals surface area (Å²) < 4.78 is 52.6. The Morgan fingerprint density at radius 2 is 1.72 bits per heavy atom. The molecule has 8 heteroatoms. The Morgan fingerprint density at radius 1 is 1.07 bits per heavy atom. The first-order chi connectivity index (χ1) is 13.6. The second kappa shape index (κ2) is 8.02. The van der Waals surface area contributed by atoms with E-state index in [0.29, 0.717) is 18.7 Å². The number of anilines is 1. The van der Waals surface area contributed by atoms with E-state index >= 15 is 0 Å². The molecular weight excluding hydrogens is 386 g/mol. The molecule has 0 radical (unpaired) electrons. The number of halogens is 4. The van der Waals surface area contributed by atoms with E-state index in [-0.39, 0.29) is 23.5 Å². The van der Waals surface area contributed by atoms with Crippen LogP contribution in [0.1, 0.15) is 22.6 Å². The highest BCUT2D eigenvalue weighted by molar-refractivity contribution is 5.91. The van der Waals surface area contributed by atoms with Gasteiger partial charge in [0.05, 0.1) is 11.6 Å². The molecule has 2 atom stereocenters. The van der Waals surface area contributed by atoms with E-state index in [1.54, 1.807) is 32.2 Å². The van der Waals surface area contributed by atoms with Gasteiger partial charge in [0.1, 0.15) is 5.82 Å².